The first-order chi connectivity index (χ1) is 12.6. The standard InChI is InChI=1S/C22H20F2O2/c1-3-25-18-11-9-16(10-12-18)15-5-7-17(8-6-15)19-13-14-20(26-4-2)22(24)21(19)23/h5-14H,3-4H2,1-2H3. The van der Waals surface area contributed by atoms with Gasteiger partial charge in [0.15, 0.2) is 11.6 Å². The molecule has 4 heteroatoms. The Morgan fingerprint density at radius 3 is 1.73 bits per heavy atom. The molecular formula is C22H20F2O2. The lowest BCUT2D eigenvalue weighted by molar-refractivity contribution is 0.314. The Bertz CT molecular complexity index is 872. The summed E-state index contributed by atoms with van der Waals surface area (Å²) in [5, 5.41) is 0. The van der Waals surface area contributed by atoms with E-state index in [0.29, 0.717) is 12.2 Å². The van der Waals surface area contributed by atoms with Gasteiger partial charge in [0.25, 0.3) is 0 Å². The van der Waals surface area contributed by atoms with Crippen LogP contribution < -0.4 is 9.47 Å². The van der Waals surface area contributed by atoms with Gasteiger partial charge >= 0.3 is 0 Å². The van der Waals surface area contributed by atoms with E-state index < -0.39 is 11.6 Å². The summed E-state index contributed by atoms with van der Waals surface area (Å²) in [5.41, 5.74) is 2.84. The van der Waals surface area contributed by atoms with Gasteiger partial charge in [-0.05, 0) is 54.8 Å². The van der Waals surface area contributed by atoms with Crippen LogP contribution in [0.15, 0.2) is 60.7 Å². The molecule has 3 aromatic carbocycles. The molecule has 3 aromatic rings. The van der Waals surface area contributed by atoms with E-state index in [1.165, 1.54) is 12.1 Å². The molecule has 3 rings (SSSR count). The van der Waals surface area contributed by atoms with Crippen LogP contribution in [0.2, 0.25) is 0 Å². The Morgan fingerprint density at radius 2 is 1.15 bits per heavy atom. The third-order valence-corrected chi connectivity index (χ3v) is 4.04. The smallest absolute Gasteiger partial charge is 0.201 e. The molecule has 0 N–H and O–H groups in total. The molecule has 26 heavy (non-hydrogen) atoms. The topological polar surface area (TPSA) is 18.5 Å². The molecule has 0 fully saturated rings. The second kappa shape index (κ2) is 8.00. The van der Waals surface area contributed by atoms with Gasteiger partial charge in [-0.1, -0.05) is 36.4 Å². The van der Waals surface area contributed by atoms with E-state index in [-0.39, 0.29) is 17.9 Å². The summed E-state index contributed by atoms with van der Waals surface area (Å²) in [6, 6.07) is 18.1. The fraction of sp³-hybridized carbons (Fsp3) is 0.182. The van der Waals surface area contributed by atoms with E-state index in [1.54, 1.807) is 19.1 Å². The van der Waals surface area contributed by atoms with E-state index in [9.17, 15) is 8.78 Å². The van der Waals surface area contributed by atoms with Crippen LogP contribution in [-0.4, -0.2) is 13.2 Å². The average Bonchev–Trinajstić information content (AvgIpc) is 2.67. The van der Waals surface area contributed by atoms with Crippen LogP contribution in [0.1, 0.15) is 13.8 Å². The van der Waals surface area contributed by atoms with Crippen molar-refractivity contribution in [3.63, 3.8) is 0 Å². The van der Waals surface area contributed by atoms with Crippen molar-refractivity contribution in [1.82, 2.24) is 0 Å². The molecule has 134 valence electrons. The van der Waals surface area contributed by atoms with Gasteiger partial charge in [0, 0.05) is 5.56 Å². The van der Waals surface area contributed by atoms with E-state index in [2.05, 4.69) is 0 Å². The first-order valence-corrected chi connectivity index (χ1v) is 8.58. The van der Waals surface area contributed by atoms with Crippen molar-refractivity contribution in [1.29, 1.82) is 0 Å². The van der Waals surface area contributed by atoms with Gasteiger partial charge < -0.3 is 9.47 Å². The second-order valence-electron chi connectivity index (χ2n) is 5.71. The number of rotatable bonds is 6. The fourth-order valence-electron chi connectivity index (χ4n) is 2.77. The van der Waals surface area contributed by atoms with Crippen molar-refractivity contribution in [2.45, 2.75) is 13.8 Å². The Balaban J connectivity index is 1.87. The zero-order valence-corrected chi connectivity index (χ0v) is 14.8. The number of ether oxygens (including phenoxy) is 2. The van der Waals surface area contributed by atoms with E-state index in [1.807, 2.05) is 43.3 Å². The molecule has 0 heterocycles. The number of hydrogen-bond acceptors (Lipinski definition) is 2. The van der Waals surface area contributed by atoms with Gasteiger partial charge in [0.05, 0.1) is 13.2 Å². The Kier molecular flexibility index (Phi) is 5.52. The molecule has 0 saturated carbocycles. The van der Waals surface area contributed by atoms with Crippen LogP contribution in [0.3, 0.4) is 0 Å². The maximum atomic E-state index is 14.3. The molecule has 0 saturated heterocycles. The molecule has 0 aliphatic rings. The Labute approximate surface area is 152 Å². The van der Waals surface area contributed by atoms with Gasteiger partial charge in [0.1, 0.15) is 5.75 Å². The SMILES string of the molecule is CCOc1ccc(-c2ccc(-c3ccc(OCC)c(F)c3F)cc2)cc1. The first kappa shape index (κ1) is 17.9. The first-order valence-electron chi connectivity index (χ1n) is 8.58. The highest BCUT2D eigenvalue weighted by atomic mass is 19.2. The van der Waals surface area contributed by atoms with Crippen molar-refractivity contribution in [2.24, 2.45) is 0 Å². The summed E-state index contributed by atoms with van der Waals surface area (Å²) in [7, 11) is 0. The van der Waals surface area contributed by atoms with Crippen LogP contribution in [0, 0.1) is 11.6 Å². The minimum Gasteiger partial charge on any atom is -0.494 e. The molecule has 0 spiro atoms. The van der Waals surface area contributed by atoms with Gasteiger partial charge in [-0.3, -0.25) is 0 Å². The van der Waals surface area contributed by atoms with Crippen molar-refractivity contribution in [2.75, 3.05) is 13.2 Å². The van der Waals surface area contributed by atoms with Gasteiger partial charge in [-0.15, -0.1) is 0 Å². The van der Waals surface area contributed by atoms with Gasteiger partial charge in [-0.25, -0.2) is 4.39 Å². The van der Waals surface area contributed by atoms with Gasteiger partial charge in [-0.2, -0.15) is 4.39 Å². The number of hydrogen-bond donors (Lipinski definition) is 0. The zero-order valence-electron chi connectivity index (χ0n) is 14.8. The molecule has 0 aromatic heterocycles. The minimum atomic E-state index is -0.958. The molecule has 0 amide bonds. The molecule has 0 unspecified atom stereocenters. The molecule has 2 nitrogen and oxygen atoms in total. The summed E-state index contributed by atoms with van der Waals surface area (Å²) in [6.07, 6.45) is 0. The highest BCUT2D eigenvalue weighted by molar-refractivity contribution is 5.71. The maximum absolute atomic E-state index is 14.3. The summed E-state index contributed by atoms with van der Waals surface area (Å²) in [4.78, 5) is 0. The van der Waals surface area contributed by atoms with E-state index in [4.69, 9.17) is 9.47 Å². The lowest BCUT2D eigenvalue weighted by Crippen LogP contribution is -1.98. The lowest BCUT2D eigenvalue weighted by Gasteiger charge is -2.10. The molecule has 0 aliphatic heterocycles. The average molecular weight is 354 g/mol. The van der Waals surface area contributed by atoms with Crippen LogP contribution in [0.4, 0.5) is 8.78 Å². The monoisotopic (exact) mass is 354 g/mol. The lowest BCUT2D eigenvalue weighted by atomic mass is 9.99. The Morgan fingerprint density at radius 1 is 0.615 bits per heavy atom. The summed E-state index contributed by atoms with van der Waals surface area (Å²) in [6.45, 7) is 4.57. The van der Waals surface area contributed by atoms with E-state index in [0.717, 1.165) is 16.9 Å². The van der Waals surface area contributed by atoms with Crippen LogP contribution in [0.25, 0.3) is 22.3 Å². The molecule has 0 atom stereocenters. The van der Waals surface area contributed by atoms with Crippen LogP contribution >= 0.6 is 0 Å². The summed E-state index contributed by atoms with van der Waals surface area (Å²) < 4.78 is 38.9. The van der Waals surface area contributed by atoms with Crippen molar-refractivity contribution in [3.8, 4) is 33.8 Å². The summed E-state index contributed by atoms with van der Waals surface area (Å²) >= 11 is 0. The second-order valence-corrected chi connectivity index (χ2v) is 5.71. The maximum Gasteiger partial charge on any atom is 0.201 e. The molecule has 0 bridgehead atoms. The largest absolute Gasteiger partial charge is 0.494 e. The van der Waals surface area contributed by atoms with E-state index >= 15 is 0 Å². The zero-order chi connectivity index (χ0) is 18.5. The van der Waals surface area contributed by atoms with Crippen molar-refractivity contribution < 1.29 is 18.3 Å². The van der Waals surface area contributed by atoms with Gasteiger partial charge in [0.2, 0.25) is 5.82 Å². The Hall–Kier alpha value is -2.88. The van der Waals surface area contributed by atoms with Crippen molar-refractivity contribution >= 4 is 0 Å². The third kappa shape index (κ3) is 3.69. The van der Waals surface area contributed by atoms with Crippen LogP contribution in [0.5, 0.6) is 11.5 Å². The predicted molar refractivity (Wildman–Crippen MR) is 99.6 cm³/mol. The molecule has 0 radical (unpaired) electrons. The molecular weight excluding hydrogens is 334 g/mol. The number of benzene rings is 3. The van der Waals surface area contributed by atoms with Crippen LogP contribution in [-0.2, 0) is 0 Å². The third-order valence-electron chi connectivity index (χ3n) is 4.04. The minimum absolute atomic E-state index is 0.0697. The summed E-state index contributed by atoms with van der Waals surface area (Å²) in [5.74, 6) is -1.11. The highest BCUT2D eigenvalue weighted by Gasteiger charge is 2.15. The quantitative estimate of drug-likeness (QED) is 0.533. The van der Waals surface area contributed by atoms with Crippen molar-refractivity contribution in [3.05, 3.63) is 72.3 Å². The predicted octanol–water partition coefficient (Wildman–Crippen LogP) is 6.10. The molecule has 0 aliphatic carbocycles. The normalized spacial score (nSPS) is 10.6. The highest BCUT2D eigenvalue weighted by Crippen LogP contribution is 2.31. The fourth-order valence-corrected chi connectivity index (χ4v) is 2.77. The number of halogens is 2.